The predicted molar refractivity (Wildman–Crippen MR) is 87.8 cm³/mol. The van der Waals surface area contributed by atoms with Crippen LogP contribution in [-0.2, 0) is 0 Å². The maximum atomic E-state index is 12.7. The van der Waals surface area contributed by atoms with Gasteiger partial charge >= 0.3 is 0 Å². The van der Waals surface area contributed by atoms with E-state index in [1.54, 1.807) is 7.11 Å². The summed E-state index contributed by atoms with van der Waals surface area (Å²) in [6, 6.07) is 5.81. The molecule has 1 saturated heterocycles. The molecule has 110 valence electrons. The summed E-state index contributed by atoms with van der Waals surface area (Å²) in [5.74, 6) is 0.856. The van der Waals surface area contributed by atoms with Gasteiger partial charge in [-0.15, -0.1) is 0 Å². The number of methoxy groups -OCH3 is 1. The van der Waals surface area contributed by atoms with Crippen molar-refractivity contribution in [3.63, 3.8) is 0 Å². The van der Waals surface area contributed by atoms with Crippen LogP contribution in [0.3, 0.4) is 0 Å². The minimum absolute atomic E-state index is 0.111. The normalized spacial score (nSPS) is 19.6. The number of halogens is 2. The molecule has 1 aromatic rings. The Morgan fingerprint density at radius 1 is 1.40 bits per heavy atom. The second-order valence-corrected chi connectivity index (χ2v) is 6.51. The molecule has 5 heteroatoms. The summed E-state index contributed by atoms with van der Waals surface area (Å²) < 4.78 is 6.02. The SMILES string of the molecule is COc1ccc(C(=O)N2CCCCCC2CBr)cc1Br. The van der Waals surface area contributed by atoms with Crippen molar-refractivity contribution in [1.82, 2.24) is 4.90 Å². The summed E-state index contributed by atoms with van der Waals surface area (Å²) in [6.45, 7) is 0.846. The van der Waals surface area contributed by atoms with Crippen molar-refractivity contribution in [2.24, 2.45) is 0 Å². The molecule has 1 aliphatic rings. The molecule has 0 radical (unpaired) electrons. The van der Waals surface area contributed by atoms with Crippen LogP contribution < -0.4 is 4.74 Å². The Kier molecular flexibility index (Phi) is 5.90. The van der Waals surface area contributed by atoms with Crippen LogP contribution in [0, 0.1) is 0 Å². The van der Waals surface area contributed by atoms with Gasteiger partial charge in [0.25, 0.3) is 5.91 Å². The van der Waals surface area contributed by atoms with E-state index in [4.69, 9.17) is 4.74 Å². The number of hydrogen-bond donors (Lipinski definition) is 0. The van der Waals surface area contributed by atoms with E-state index in [0.29, 0.717) is 11.6 Å². The van der Waals surface area contributed by atoms with Gasteiger partial charge in [-0.2, -0.15) is 0 Å². The molecule has 1 aliphatic heterocycles. The number of benzene rings is 1. The van der Waals surface area contributed by atoms with Crippen LogP contribution in [0.5, 0.6) is 5.75 Å². The van der Waals surface area contributed by atoms with E-state index in [1.807, 2.05) is 23.1 Å². The summed E-state index contributed by atoms with van der Waals surface area (Å²) >= 11 is 6.98. The maximum absolute atomic E-state index is 12.7. The summed E-state index contributed by atoms with van der Waals surface area (Å²) in [7, 11) is 1.62. The number of nitrogens with zero attached hydrogens (tertiary/aromatic N) is 1. The van der Waals surface area contributed by atoms with E-state index in [-0.39, 0.29) is 5.91 Å². The molecule has 0 spiro atoms. The van der Waals surface area contributed by atoms with Crippen LogP contribution in [0.25, 0.3) is 0 Å². The molecule has 2 rings (SSSR count). The lowest BCUT2D eigenvalue weighted by molar-refractivity contribution is 0.0702. The van der Waals surface area contributed by atoms with Crippen molar-refractivity contribution in [3.8, 4) is 5.75 Å². The fraction of sp³-hybridized carbons (Fsp3) is 0.533. The van der Waals surface area contributed by atoms with Crippen molar-refractivity contribution in [2.75, 3.05) is 19.0 Å². The third-order valence-corrected chi connectivity index (χ3v) is 5.08. The van der Waals surface area contributed by atoms with Gasteiger partial charge in [0.05, 0.1) is 11.6 Å². The highest BCUT2D eigenvalue weighted by Gasteiger charge is 2.25. The first-order valence-corrected chi connectivity index (χ1v) is 8.79. The molecular weight excluding hydrogens is 386 g/mol. The van der Waals surface area contributed by atoms with E-state index in [0.717, 1.165) is 34.9 Å². The Hall–Kier alpha value is -0.550. The zero-order valence-corrected chi connectivity index (χ0v) is 14.7. The molecule has 0 aromatic heterocycles. The minimum Gasteiger partial charge on any atom is -0.496 e. The van der Waals surface area contributed by atoms with Gasteiger partial charge in [-0.05, 0) is 47.0 Å². The third kappa shape index (κ3) is 3.55. The molecule has 1 heterocycles. The highest BCUT2D eigenvalue weighted by atomic mass is 79.9. The Morgan fingerprint density at radius 3 is 2.85 bits per heavy atom. The summed E-state index contributed by atoms with van der Waals surface area (Å²) in [5, 5.41) is 0.843. The quantitative estimate of drug-likeness (QED) is 0.705. The molecule has 3 nitrogen and oxygen atoms in total. The predicted octanol–water partition coefficient (Wildman–Crippen LogP) is 4.24. The summed E-state index contributed by atoms with van der Waals surface area (Å²) in [6.07, 6.45) is 4.58. The highest BCUT2D eigenvalue weighted by molar-refractivity contribution is 9.10. The van der Waals surface area contributed by atoms with Crippen molar-refractivity contribution >= 4 is 37.8 Å². The third-order valence-electron chi connectivity index (χ3n) is 3.71. The van der Waals surface area contributed by atoms with Crippen LogP contribution in [0.4, 0.5) is 0 Å². The van der Waals surface area contributed by atoms with Crippen molar-refractivity contribution in [1.29, 1.82) is 0 Å². The van der Waals surface area contributed by atoms with Crippen LogP contribution in [0.2, 0.25) is 0 Å². The smallest absolute Gasteiger partial charge is 0.254 e. The standard InChI is InChI=1S/C15H19Br2NO2/c1-20-14-7-6-11(9-13(14)17)15(19)18-8-4-2-3-5-12(18)10-16/h6-7,9,12H,2-5,8,10H2,1H3. The zero-order valence-electron chi connectivity index (χ0n) is 11.6. The lowest BCUT2D eigenvalue weighted by Crippen LogP contribution is -2.41. The number of ether oxygens (including phenoxy) is 1. The van der Waals surface area contributed by atoms with Gasteiger partial charge < -0.3 is 9.64 Å². The van der Waals surface area contributed by atoms with E-state index in [2.05, 4.69) is 31.9 Å². The monoisotopic (exact) mass is 403 g/mol. The average Bonchev–Trinajstić information content (AvgIpc) is 2.71. The zero-order chi connectivity index (χ0) is 14.5. The van der Waals surface area contributed by atoms with E-state index < -0.39 is 0 Å². The van der Waals surface area contributed by atoms with E-state index in [1.165, 1.54) is 12.8 Å². The Morgan fingerprint density at radius 2 is 2.20 bits per heavy atom. The van der Waals surface area contributed by atoms with Crippen LogP contribution in [-0.4, -0.2) is 35.8 Å². The molecular formula is C15H19Br2NO2. The Labute approximate surface area is 136 Å². The van der Waals surface area contributed by atoms with Gasteiger partial charge in [-0.1, -0.05) is 28.8 Å². The lowest BCUT2D eigenvalue weighted by Gasteiger charge is -2.29. The summed E-state index contributed by atoms with van der Waals surface area (Å²) in [4.78, 5) is 14.7. The van der Waals surface area contributed by atoms with Gasteiger partial charge in [-0.3, -0.25) is 4.79 Å². The maximum Gasteiger partial charge on any atom is 0.254 e. The molecule has 1 atom stereocenters. The second kappa shape index (κ2) is 7.46. The number of likely N-dealkylation sites (tertiary alicyclic amines) is 1. The second-order valence-electron chi connectivity index (χ2n) is 5.01. The van der Waals surface area contributed by atoms with Gasteiger partial charge in [0, 0.05) is 23.5 Å². The van der Waals surface area contributed by atoms with Crippen molar-refractivity contribution < 1.29 is 9.53 Å². The number of rotatable bonds is 3. The van der Waals surface area contributed by atoms with Crippen LogP contribution >= 0.6 is 31.9 Å². The molecule has 1 aromatic carbocycles. The Bertz CT molecular complexity index is 479. The van der Waals surface area contributed by atoms with E-state index in [9.17, 15) is 4.79 Å². The van der Waals surface area contributed by atoms with Gasteiger partial charge in [0.15, 0.2) is 0 Å². The fourth-order valence-corrected chi connectivity index (χ4v) is 3.78. The number of hydrogen-bond acceptors (Lipinski definition) is 2. The summed E-state index contributed by atoms with van der Waals surface area (Å²) in [5.41, 5.74) is 0.713. The first-order chi connectivity index (χ1) is 9.67. The lowest BCUT2D eigenvalue weighted by atomic mass is 10.1. The average molecular weight is 405 g/mol. The topological polar surface area (TPSA) is 29.5 Å². The van der Waals surface area contributed by atoms with Crippen molar-refractivity contribution in [2.45, 2.75) is 31.7 Å². The number of amides is 1. The van der Waals surface area contributed by atoms with Gasteiger partial charge in [0.1, 0.15) is 5.75 Å². The fourth-order valence-electron chi connectivity index (χ4n) is 2.57. The molecule has 20 heavy (non-hydrogen) atoms. The Balaban J connectivity index is 2.22. The number of alkyl halides is 1. The van der Waals surface area contributed by atoms with Crippen LogP contribution in [0.15, 0.2) is 22.7 Å². The molecule has 0 N–H and O–H groups in total. The first kappa shape index (κ1) is 15.8. The molecule has 0 bridgehead atoms. The number of carbonyl (C=O) groups excluding carboxylic acids is 1. The van der Waals surface area contributed by atoms with Gasteiger partial charge in [-0.25, -0.2) is 0 Å². The molecule has 1 amide bonds. The highest BCUT2D eigenvalue weighted by Crippen LogP contribution is 2.27. The largest absolute Gasteiger partial charge is 0.496 e. The molecule has 0 saturated carbocycles. The molecule has 0 aliphatic carbocycles. The molecule has 1 fully saturated rings. The van der Waals surface area contributed by atoms with Crippen molar-refractivity contribution in [3.05, 3.63) is 28.2 Å². The van der Waals surface area contributed by atoms with E-state index >= 15 is 0 Å². The van der Waals surface area contributed by atoms with Crippen LogP contribution in [0.1, 0.15) is 36.0 Å². The first-order valence-electron chi connectivity index (χ1n) is 6.88. The number of carbonyl (C=O) groups is 1. The molecule has 1 unspecified atom stereocenters. The van der Waals surface area contributed by atoms with Gasteiger partial charge in [0.2, 0.25) is 0 Å². The minimum atomic E-state index is 0.111.